The van der Waals surface area contributed by atoms with Crippen molar-refractivity contribution in [2.24, 2.45) is 5.41 Å². The lowest BCUT2D eigenvalue weighted by Crippen LogP contribution is -2.65. The van der Waals surface area contributed by atoms with E-state index in [1.807, 2.05) is 54.6 Å². The van der Waals surface area contributed by atoms with Crippen LogP contribution in [0.2, 0.25) is 0 Å². The molecule has 2 heterocycles. The van der Waals surface area contributed by atoms with Crippen LogP contribution in [0.3, 0.4) is 0 Å². The summed E-state index contributed by atoms with van der Waals surface area (Å²) in [5.41, 5.74) is -3.73. The highest BCUT2D eigenvalue weighted by Crippen LogP contribution is 2.72. The number of carbonyl (C=O) groups excluding carboxylic acids is 2. The van der Waals surface area contributed by atoms with E-state index in [1.54, 1.807) is 48.5 Å². The molecule has 45 heavy (non-hydrogen) atoms. The summed E-state index contributed by atoms with van der Waals surface area (Å²) in [4.78, 5) is 46.2. The predicted octanol–water partition coefficient (Wildman–Crippen LogP) is 5.80. The van der Waals surface area contributed by atoms with Gasteiger partial charge < -0.3 is 9.80 Å². The van der Waals surface area contributed by atoms with Crippen molar-refractivity contribution in [2.45, 2.75) is 36.4 Å². The molecular formula is C35H24BrN5O4. The summed E-state index contributed by atoms with van der Waals surface area (Å²) < 4.78 is 0.846. The third-order valence-electron chi connectivity index (χ3n) is 9.67. The van der Waals surface area contributed by atoms with Crippen LogP contribution in [0.25, 0.3) is 0 Å². The monoisotopic (exact) mass is 657 g/mol. The molecule has 0 bridgehead atoms. The molecule has 7 rings (SSSR count). The molecule has 0 N–H and O–H groups in total. The third kappa shape index (κ3) is 3.51. The minimum atomic E-state index is -2.24. The van der Waals surface area contributed by atoms with Crippen LogP contribution in [0.4, 0.5) is 11.4 Å². The van der Waals surface area contributed by atoms with Gasteiger partial charge in [-0.2, -0.15) is 10.5 Å². The number of carbonyl (C=O) groups is 2. The van der Waals surface area contributed by atoms with E-state index in [4.69, 9.17) is 0 Å². The van der Waals surface area contributed by atoms with Crippen molar-refractivity contribution in [3.05, 3.63) is 140 Å². The Morgan fingerprint density at radius 2 is 1.27 bits per heavy atom. The number of fused-ring (bicyclic) bond motifs is 5. The number of hydrogen-bond acceptors (Lipinski definition) is 6. The Labute approximate surface area is 267 Å². The van der Waals surface area contributed by atoms with Crippen molar-refractivity contribution in [1.29, 1.82) is 10.5 Å². The number of nitrogens with zero attached hydrogens (tertiary/aromatic N) is 5. The molecule has 9 nitrogen and oxygen atoms in total. The molecule has 3 aliphatic rings. The van der Waals surface area contributed by atoms with Gasteiger partial charge in [0, 0.05) is 20.8 Å². The molecule has 0 radical (unpaired) electrons. The van der Waals surface area contributed by atoms with Crippen LogP contribution in [-0.2, 0) is 33.5 Å². The second-order valence-electron chi connectivity index (χ2n) is 11.6. The fraction of sp³-hybridized carbons (Fsp3) is 0.200. The van der Waals surface area contributed by atoms with Crippen LogP contribution in [0.5, 0.6) is 0 Å². The molecule has 2 amide bonds. The summed E-state index contributed by atoms with van der Waals surface area (Å²) in [6.07, 6.45) is -0.599. The number of rotatable bonds is 5. The van der Waals surface area contributed by atoms with Gasteiger partial charge >= 0.3 is 0 Å². The molecule has 10 heteroatoms. The molecule has 0 saturated heterocycles. The first kappa shape index (κ1) is 28.5. The maximum Gasteiger partial charge on any atom is 0.246 e. The summed E-state index contributed by atoms with van der Waals surface area (Å²) in [6.45, 7) is 0.157. The zero-order valence-corrected chi connectivity index (χ0v) is 25.3. The fourth-order valence-electron chi connectivity index (χ4n) is 7.96. The summed E-state index contributed by atoms with van der Waals surface area (Å²) in [6, 6.07) is 32.5. The standard InChI is InChI=1S/C35H24BrN5O4/c36-25-16-14-24(15-17-25)20-40-29-13-7-5-11-27(29)35(32(40)43)33(21-37,22-38)18-30(41(44)45)34(35)26-10-4-6-12-28(26)39(31(34)42)19-23-8-2-1-3-9-23/h1-17,30H,18-20H2. The zero-order valence-electron chi connectivity index (χ0n) is 23.8. The summed E-state index contributed by atoms with van der Waals surface area (Å²) in [5.74, 6) is -1.35. The Balaban J connectivity index is 1.56. The van der Waals surface area contributed by atoms with E-state index in [-0.39, 0.29) is 24.2 Å². The van der Waals surface area contributed by atoms with Crippen LogP contribution in [0.15, 0.2) is 108 Å². The molecule has 1 saturated carbocycles. The van der Waals surface area contributed by atoms with Gasteiger partial charge in [-0.1, -0.05) is 94.8 Å². The van der Waals surface area contributed by atoms with Crippen LogP contribution in [0, 0.1) is 38.2 Å². The lowest BCUT2D eigenvalue weighted by Gasteiger charge is -2.42. The summed E-state index contributed by atoms with van der Waals surface area (Å²) in [5, 5.41) is 34.9. The molecule has 1 fully saturated rings. The summed E-state index contributed by atoms with van der Waals surface area (Å²) >= 11 is 3.43. The topological polar surface area (TPSA) is 131 Å². The van der Waals surface area contributed by atoms with Crippen molar-refractivity contribution in [1.82, 2.24) is 0 Å². The van der Waals surface area contributed by atoms with E-state index in [2.05, 4.69) is 28.1 Å². The molecule has 0 aromatic heterocycles. The first-order chi connectivity index (χ1) is 21.8. The number of hydrogen-bond donors (Lipinski definition) is 0. The molecule has 3 atom stereocenters. The summed E-state index contributed by atoms with van der Waals surface area (Å²) in [7, 11) is 0. The van der Waals surface area contributed by atoms with Crippen LogP contribution < -0.4 is 9.80 Å². The number of benzene rings is 4. The van der Waals surface area contributed by atoms with E-state index < -0.39 is 45.4 Å². The second-order valence-corrected chi connectivity index (χ2v) is 12.5. The second kappa shape index (κ2) is 10.1. The van der Waals surface area contributed by atoms with Gasteiger partial charge in [-0.05, 0) is 46.5 Å². The molecule has 4 aromatic carbocycles. The number of nitro groups is 1. The Kier molecular flexibility index (Phi) is 6.40. The quantitative estimate of drug-likeness (QED) is 0.197. The number of nitriles is 2. The minimum absolute atomic E-state index is 0.0700. The number of halogens is 1. The van der Waals surface area contributed by atoms with Crippen LogP contribution in [0.1, 0.15) is 28.7 Å². The van der Waals surface area contributed by atoms with Gasteiger partial charge in [0.15, 0.2) is 10.8 Å². The van der Waals surface area contributed by atoms with Gasteiger partial charge in [-0.3, -0.25) is 19.7 Å². The first-order valence-corrected chi connectivity index (χ1v) is 15.1. The highest BCUT2D eigenvalue weighted by Gasteiger charge is 2.88. The Morgan fingerprint density at radius 1 is 0.756 bits per heavy atom. The van der Waals surface area contributed by atoms with Gasteiger partial charge in [0.2, 0.25) is 17.9 Å². The molecular weight excluding hydrogens is 634 g/mol. The van der Waals surface area contributed by atoms with E-state index in [1.165, 1.54) is 9.80 Å². The Morgan fingerprint density at radius 3 is 1.87 bits per heavy atom. The number of para-hydroxylation sites is 2. The van der Waals surface area contributed by atoms with E-state index in [9.17, 15) is 20.6 Å². The zero-order chi connectivity index (χ0) is 31.6. The number of anilines is 2. The highest BCUT2D eigenvalue weighted by atomic mass is 79.9. The van der Waals surface area contributed by atoms with Gasteiger partial charge in [0.05, 0.1) is 31.6 Å². The molecule has 2 spiro atoms. The molecule has 3 unspecified atom stereocenters. The van der Waals surface area contributed by atoms with E-state index in [0.717, 1.165) is 15.6 Å². The predicted molar refractivity (Wildman–Crippen MR) is 168 cm³/mol. The maximum absolute atomic E-state index is 15.4. The van der Waals surface area contributed by atoms with Crippen molar-refractivity contribution in [2.75, 3.05) is 9.80 Å². The van der Waals surface area contributed by atoms with Gasteiger partial charge in [0.1, 0.15) is 5.41 Å². The SMILES string of the molecule is N#CC1(C#N)CC([N+](=O)[O-])C2(C(=O)N(Cc3ccccc3)c3ccccc32)C12C(=O)N(Cc1ccc(Br)cc1)c1ccccc12. The first-order valence-electron chi connectivity index (χ1n) is 14.3. The molecule has 4 aromatic rings. The fourth-order valence-corrected chi connectivity index (χ4v) is 8.23. The largest absolute Gasteiger partial charge is 0.307 e. The van der Waals surface area contributed by atoms with E-state index in [0.29, 0.717) is 11.4 Å². The average molecular weight is 659 g/mol. The van der Waals surface area contributed by atoms with Gasteiger partial charge in [-0.25, -0.2) is 0 Å². The minimum Gasteiger partial charge on any atom is -0.307 e. The number of amides is 2. The van der Waals surface area contributed by atoms with Crippen LogP contribution in [-0.4, -0.2) is 22.8 Å². The van der Waals surface area contributed by atoms with Crippen molar-refractivity contribution in [3.8, 4) is 12.1 Å². The third-order valence-corrected chi connectivity index (χ3v) is 10.2. The van der Waals surface area contributed by atoms with Crippen molar-refractivity contribution < 1.29 is 14.5 Å². The normalized spacial score (nSPS) is 24.0. The molecule has 1 aliphatic carbocycles. The van der Waals surface area contributed by atoms with E-state index >= 15 is 9.59 Å². The van der Waals surface area contributed by atoms with Crippen molar-refractivity contribution >= 4 is 39.1 Å². The smallest absolute Gasteiger partial charge is 0.246 e. The lowest BCUT2D eigenvalue weighted by molar-refractivity contribution is -0.529. The van der Waals surface area contributed by atoms with Gasteiger partial charge in [-0.15, -0.1) is 0 Å². The Hall–Kier alpha value is -5.32. The van der Waals surface area contributed by atoms with Gasteiger partial charge in [0.25, 0.3) is 0 Å². The molecule has 2 aliphatic heterocycles. The molecule has 220 valence electrons. The Bertz CT molecular complexity index is 1970. The average Bonchev–Trinajstić information content (AvgIpc) is 3.59. The highest BCUT2D eigenvalue weighted by molar-refractivity contribution is 9.10. The lowest BCUT2D eigenvalue weighted by atomic mass is 9.51. The maximum atomic E-state index is 15.4. The van der Waals surface area contributed by atoms with Crippen molar-refractivity contribution in [3.63, 3.8) is 0 Å². The van der Waals surface area contributed by atoms with Crippen LogP contribution >= 0.6 is 15.9 Å².